The van der Waals surface area contributed by atoms with Crippen LogP contribution in [0.2, 0.25) is 0 Å². The van der Waals surface area contributed by atoms with Crippen molar-refractivity contribution in [2.24, 2.45) is 0 Å². The molecule has 1 aliphatic rings. The molecule has 1 N–H and O–H groups in total. The van der Waals surface area contributed by atoms with Crippen molar-refractivity contribution in [3.63, 3.8) is 0 Å². The van der Waals surface area contributed by atoms with E-state index in [0.29, 0.717) is 17.1 Å². The van der Waals surface area contributed by atoms with E-state index in [2.05, 4.69) is 5.48 Å². The molecule has 1 aromatic rings. The van der Waals surface area contributed by atoms with E-state index in [1.807, 2.05) is 0 Å². The predicted molar refractivity (Wildman–Crippen MR) is 52.9 cm³/mol. The standard InChI is InChI=1S/C10H12FNO4/c1-13-9-6(4-12-14-2)10-8(3-7(9)11)15-5-16-10/h3,12H,4-5H2,1-2H3. The summed E-state index contributed by atoms with van der Waals surface area (Å²) in [5.41, 5.74) is 3.15. The first-order valence-corrected chi connectivity index (χ1v) is 4.68. The minimum atomic E-state index is -0.486. The second kappa shape index (κ2) is 4.54. The Balaban J connectivity index is 2.44. The molecule has 1 aromatic carbocycles. The summed E-state index contributed by atoms with van der Waals surface area (Å²) in [7, 11) is 2.88. The third kappa shape index (κ3) is 1.77. The maximum absolute atomic E-state index is 13.6. The highest BCUT2D eigenvalue weighted by atomic mass is 19.1. The van der Waals surface area contributed by atoms with E-state index >= 15 is 0 Å². The van der Waals surface area contributed by atoms with E-state index in [1.54, 1.807) is 0 Å². The molecule has 16 heavy (non-hydrogen) atoms. The van der Waals surface area contributed by atoms with Gasteiger partial charge in [0.2, 0.25) is 6.79 Å². The van der Waals surface area contributed by atoms with Crippen molar-refractivity contribution in [1.29, 1.82) is 0 Å². The first-order chi connectivity index (χ1) is 7.77. The summed E-state index contributed by atoms with van der Waals surface area (Å²) in [4.78, 5) is 4.72. The molecule has 0 unspecified atom stereocenters. The van der Waals surface area contributed by atoms with E-state index in [4.69, 9.17) is 19.0 Å². The average molecular weight is 229 g/mol. The van der Waals surface area contributed by atoms with Crippen LogP contribution in [0.5, 0.6) is 17.2 Å². The van der Waals surface area contributed by atoms with Crippen LogP contribution in [0, 0.1) is 5.82 Å². The first-order valence-electron chi connectivity index (χ1n) is 4.68. The fourth-order valence-electron chi connectivity index (χ4n) is 1.59. The largest absolute Gasteiger partial charge is 0.493 e. The maximum atomic E-state index is 13.6. The number of ether oxygens (including phenoxy) is 3. The molecular weight excluding hydrogens is 217 g/mol. The van der Waals surface area contributed by atoms with Gasteiger partial charge in [-0.2, -0.15) is 5.48 Å². The monoisotopic (exact) mass is 229 g/mol. The van der Waals surface area contributed by atoms with Gasteiger partial charge in [0.1, 0.15) is 0 Å². The first kappa shape index (κ1) is 11.0. The van der Waals surface area contributed by atoms with E-state index in [-0.39, 0.29) is 19.1 Å². The Morgan fingerprint density at radius 2 is 2.25 bits per heavy atom. The second-order valence-electron chi connectivity index (χ2n) is 3.13. The summed E-state index contributed by atoms with van der Waals surface area (Å²) in [6.07, 6.45) is 0. The van der Waals surface area contributed by atoms with Crippen molar-refractivity contribution in [2.45, 2.75) is 6.54 Å². The van der Waals surface area contributed by atoms with Crippen molar-refractivity contribution in [2.75, 3.05) is 21.0 Å². The molecule has 2 rings (SSSR count). The zero-order valence-electron chi connectivity index (χ0n) is 9.00. The van der Waals surface area contributed by atoms with Crippen LogP contribution in [0.1, 0.15) is 5.56 Å². The van der Waals surface area contributed by atoms with Gasteiger partial charge in [-0.05, 0) is 0 Å². The summed E-state index contributed by atoms with van der Waals surface area (Å²) in [5.74, 6) is 0.516. The van der Waals surface area contributed by atoms with Crippen LogP contribution >= 0.6 is 0 Å². The number of hydroxylamine groups is 1. The fraction of sp³-hybridized carbons (Fsp3) is 0.400. The van der Waals surface area contributed by atoms with Crippen LogP contribution in [0.3, 0.4) is 0 Å². The molecule has 0 amide bonds. The van der Waals surface area contributed by atoms with E-state index in [0.717, 1.165) is 0 Å². The number of benzene rings is 1. The Kier molecular flexibility index (Phi) is 3.12. The molecule has 88 valence electrons. The lowest BCUT2D eigenvalue weighted by Gasteiger charge is -2.12. The molecule has 0 aromatic heterocycles. The smallest absolute Gasteiger partial charge is 0.231 e. The van der Waals surface area contributed by atoms with Crippen molar-refractivity contribution in [3.8, 4) is 17.2 Å². The van der Waals surface area contributed by atoms with Crippen LogP contribution in [-0.2, 0) is 11.4 Å². The van der Waals surface area contributed by atoms with Gasteiger partial charge < -0.3 is 19.0 Å². The Labute approximate surface area is 92.0 Å². The molecule has 1 heterocycles. The molecule has 1 aliphatic heterocycles. The topological polar surface area (TPSA) is 49.0 Å². The van der Waals surface area contributed by atoms with Crippen LogP contribution in [0.4, 0.5) is 4.39 Å². The molecule has 0 fully saturated rings. The normalized spacial score (nSPS) is 12.9. The molecule has 0 atom stereocenters. The molecule has 0 radical (unpaired) electrons. The molecule has 5 nitrogen and oxygen atoms in total. The summed E-state index contributed by atoms with van der Waals surface area (Å²) in [6, 6.07) is 1.25. The molecular formula is C10H12FNO4. The van der Waals surface area contributed by atoms with Gasteiger partial charge in [-0.1, -0.05) is 0 Å². The number of hydrogen-bond donors (Lipinski definition) is 1. The number of halogens is 1. The Morgan fingerprint density at radius 1 is 1.44 bits per heavy atom. The van der Waals surface area contributed by atoms with Gasteiger partial charge in [0, 0.05) is 6.07 Å². The number of nitrogens with one attached hydrogen (secondary N) is 1. The van der Waals surface area contributed by atoms with Gasteiger partial charge >= 0.3 is 0 Å². The minimum absolute atomic E-state index is 0.0852. The minimum Gasteiger partial charge on any atom is -0.493 e. The van der Waals surface area contributed by atoms with E-state index < -0.39 is 5.82 Å². The fourth-order valence-corrected chi connectivity index (χ4v) is 1.59. The van der Waals surface area contributed by atoms with Gasteiger partial charge in [0.05, 0.1) is 26.3 Å². The Bertz CT molecular complexity index is 393. The van der Waals surface area contributed by atoms with Gasteiger partial charge in [-0.15, -0.1) is 0 Å². The third-order valence-electron chi connectivity index (χ3n) is 2.26. The molecule has 0 bridgehead atoms. The Hall–Kier alpha value is -1.53. The number of methoxy groups -OCH3 is 1. The SMILES string of the molecule is CONCc1c(OC)c(F)cc2c1OCO2. The summed E-state index contributed by atoms with van der Waals surface area (Å²) >= 11 is 0. The van der Waals surface area contributed by atoms with Gasteiger partial charge in [0.15, 0.2) is 23.1 Å². The maximum Gasteiger partial charge on any atom is 0.231 e. The van der Waals surface area contributed by atoms with Crippen molar-refractivity contribution in [1.82, 2.24) is 5.48 Å². The quantitative estimate of drug-likeness (QED) is 0.786. The molecule has 0 aliphatic carbocycles. The lowest BCUT2D eigenvalue weighted by atomic mass is 10.1. The van der Waals surface area contributed by atoms with Gasteiger partial charge in [-0.25, -0.2) is 4.39 Å². The van der Waals surface area contributed by atoms with Gasteiger partial charge in [0.25, 0.3) is 0 Å². The zero-order chi connectivity index (χ0) is 11.5. The highest BCUT2D eigenvalue weighted by molar-refractivity contribution is 5.55. The zero-order valence-corrected chi connectivity index (χ0v) is 9.00. The highest BCUT2D eigenvalue weighted by Gasteiger charge is 2.25. The predicted octanol–water partition coefficient (Wildman–Crippen LogP) is 1.21. The van der Waals surface area contributed by atoms with Gasteiger partial charge in [-0.3, -0.25) is 0 Å². The summed E-state index contributed by atoms with van der Waals surface area (Å²) in [5, 5.41) is 0. The van der Waals surface area contributed by atoms with Crippen LogP contribution in [0.25, 0.3) is 0 Å². The highest BCUT2D eigenvalue weighted by Crippen LogP contribution is 2.42. The summed E-state index contributed by atoms with van der Waals surface area (Å²) in [6.45, 7) is 0.352. The van der Waals surface area contributed by atoms with E-state index in [9.17, 15) is 4.39 Å². The third-order valence-corrected chi connectivity index (χ3v) is 2.26. The Morgan fingerprint density at radius 3 is 2.94 bits per heavy atom. The number of rotatable bonds is 4. The van der Waals surface area contributed by atoms with Crippen LogP contribution in [-0.4, -0.2) is 21.0 Å². The van der Waals surface area contributed by atoms with Crippen molar-refractivity contribution < 1.29 is 23.4 Å². The molecule has 0 saturated heterocycles. The lowest BCUT2D eigenvalue weighted by Crippen LogP contribution is -2.13. The van der Waals surface area contributed by atoms with E-state index in [1.165, 1.54) is 20.3 Å². The molecule has 0 saturated carbocycles. The second-order valence-corrected chi connectivity index (χ2v) is 3.13. The number of fused-ring (bicyclic) bond motifs is 1. The van der Waals surface area contributed by atoms with Crippen LogP contribution < -0.4 is 19.7 Å². The average Bonchev–Trinajstić information content (AvgIpc) is 2.72. The van der Waals surface area contributed by atoms with Crippen LogP contribution in [0.15, 0.2) is 6.07 Å². The van der Waals surface area contributed by atoms with Crippen molar-refractivity contribution in [3.05, 3.63) is 17.4 Å². The molecule has 0 spiro atoms. The molecule has 6 heteroatoms. The number of hydrogen-bond acceptors (Lipinski definition) is 5. The van der Waals surface area contributed by atoms with Crippen molar-refractivity contribution >= 4 is 0 Å². The summed E-state index contributed by atoms with van der Waals surface area (Å²) < 4.78 is 29.0. The lowest BCUT2D eigenvalue weighted by molar-refractivity contribution is 0.0850.